The smallest absolute Gasteiger partial charge is 0.357 e. The molecule has 6 heteroatoms. The van der Waals surface area contributed by atoms with Crippen LogP contribution in [0.4, 0.5) is 5.69 Å². The van der Waals surface area contributed by atoms with Crippen LogP contribution in [0.25, 0.3) is 0 Å². The Morgan fingerprint density at radius 1 is 1.38 bits per heavy atom. The molecule has 0 saturated carbocycles. The van der Waals surface area contributed by atoms with Crippen LogP contribution < -0.4 is 14.7 Å². The van der Waals surface area contributed by atoms with Gasteiger partial charge in [-0.25, -0.2) is 0 Å². The van der Waals surface area contributed by atoms with Crippen molar-refractivity contribution in [2.45, 2.75) is 19.8 Å². The molecular weight excluding hydrogens is 230 g/mol. The third kappa shape index (κ3) is 4.50. The van der Waals surface area contributed by atoms with Crippen molar-refractivity contribution in [3.63, 3.8) is 0 Å². The molecule has 0 bridgehead atoms. The Labute approximate surface area is 97.0 Å². The van der Waals surface area contributed by atoms with Crippen LogP contribution in [-0.4, -0.2) is 15.4 Å². The van der Waals surface area contributed by atoms with E-state index in [4.69, 9.17) is 15.0 Å². The number of benzene rings is 1. The third-order valence-electron chi connectivity index (χ3n) is 1.84. The fraction of sp³-hybridized carbons (Fsp3) is 0.400. The molecule has 0 aliphatic heterocycles. The van der Waals surface area contributed by atoms with Crippen LogP contribution in [0.2, 0.25) is 0 Å². The van der Waals surface area contributed by atoms with Gasteiger partial charge in [-0.1, -0.05) is 13.3 Å². The Balaban J connectivity index is 2.69. The van der Waals surface area contributed by atoms with Gasteiger partial charge in [0.2, 0.25) is 0 Å². The highest BCUT2D eigenvalue weighted by molar-refractivity contribution is 7.74. The maximum absolute atomic E-state index is 10.5. The molecule has 0 heterocycles. The van der Waals surface area contributed by atoms with E-state index in [9.17, 15) is 4.21 Å². The molecule has 0 aliphatic carbocycles. The number of hydrogen-bond acceptors (Lipinski definition) is 4. The largest absolute Gasteiger partial charge is 0.493 e. The second-order valence-electron chi connectivity index (χ2n) is 3.24. The van der Waals surface area contributed by atoms with Crippen LogP contribution in [0.5, 0.6) is 11.5 Å². The van der Waals surface area contributed by atoms with Crippen LogP contribution >= 0.6 is 0 Å². The maximum Gasteiger partial charge on any atom is 0.357 e. The number of unbranched alkanes of at least 4 members (excludes halogenated alkanes) is 1. The van der Waals surface area contributed by atoms with Gasteiger partial charge >= 0.3 is 11.4 Å². The Morgan fingerprint density at radius 2 is 2.06 bits per heavy atom. The first-order valence-electron chi connectivity index (χ1n) is 4.94. The first kappa shape index (κ1) is 12.8. The Kier molecular flexibility index (Phi) is 5.07. The van der Waals surface area contributed by atoms with Gasteiger partial charge in [-0.05, 0) is 6.42 Å². The van der Waals surface area contributed by atoms with E-state index in [2.05, 4.69) is 11.1 Å². The topological polar surface area (TPSA) is 81.8 Å². The maximum atomic E-state index is 10.5. The van der Waals surface area contributed by atoms with Crippen molar-refractivity contribution in [2.75, 3.05) is 12.3 Å². The summed E-state index contributed by atoms with van der Waals surface area (Å²) in [5, 5.41) is 0. The normalized spacial score (nSPS) is 12.1. The summed E-state index contributed by atoms with van der Waals surface area (Å²) in [5.41, 5.74) is 6.02. The molecular formula is C10H15NO4S. The fourth-order valence-electron chi connectivity index (χ4n) is 1.14. The molecule has 1 atom stereocenters. The fourth-order valence-corrected chi connectivity index (χ4v) is 1.40. The van der Waals surface area contributed by atoms with Crippen molar-refractivity contribution in [3.05, 3.63) is 18.2 Å². The van der Waals surface area contributed by atoms with Crippen LogP contribution in [0.1, 0.15) is 19.8 Å². The number of hydrogen-bond donors (Lipinski definition) is 2. The lowest BCUT2D eigenvalue weighted by Crippen LogP contribution is -2.01. The molecule has 16 heavy (non-hydrogen) atoms. The quantitative estimate of drug-likeness (QED) is 0.455. The van der Waals surface area contributed by atoms with Crippen molar-refractivity contribution in [1.29, 1.82) is 0 Å². The molecule has 1 rings (SSSR count). The summed E-state index contributed by atoms with van der Waals surface area (Å²) in [5.74, 6) is 0.751. The zero-order chi connectivity index (χ0) is 12.0. The first-order chi connectivity index (χ1) is 7.61. The molecule has 1 unspecified atom stereocenters. The second kappa shape index (κ2) is 6.34. The van der Waals surface area contributed by atoms with Gasteiger partial charge in [-0.3, -0.25) is 4.55 Å². The van der Waals surface area contributed by atoms with Gasteiger partial charge in [0, 0.05) is 23.9 Å². The molecule has 3 N–H and O–H groups in total. The van der Waals surface area contributed by atoms with E-state index in [1.807, 2.05) is 0 Å². The molecule has 0 radical (unpaired) electrons. The number of nitrogen functional groups attached to an aromatic ring is 1. The molecule has 90 valence electrons. The summed E-state index contributed by atoms with van der Waals surface area (Å²) >= 11 is -2.35. The van der Waals surface area contributed by atoms with Gasteiger partial charge in [-0.15, -0.1) is 0 Å². The molecule has 0 fully saturated rings. The lowest BCUT2D eigenvalue weighted by atomic mass is 10.3. The molecule has 0 aromatic heterocycles. The summed E-state index contributed by atoms with van der Waals surface area (Å²) in [4.78, 5) is 0. The van der Waals surface area contributed by atoms with Crippen LogP contribution in [0.15, 0.2) is 18.2 Å². The van der Waals surface area contributed by atoms with Crippen LogP contribution in [0.3, 0.4) is 0 Å². The number of rotatable bonds is 6. The molecule has 0 saturated heterocycles. The molecule has 0 aliphatic rings. The summed E-state index contributed by atoms with van der Waals surface area (Å²) < 4.78 is 29.0. The SMILES string of the molecule is CCCCOc1cc(N)cc(OS(=O)O)c1. The lowest BCUT2D eigenvalue weighted by molar-refractivity contribution is 0.308. The molecule has 5 nitrogen and oxygen atoms in total. The summed E-state index contributed by atoms with van der Waals surface area (Å²) in [7, 11) is 0. The predicted octanol–water partition coefficient (Wildman–Crippen LogP) is 1.96. The average Bonchev–Trinajstić information content (AvgIpc) is 2.16. The number of nitrogens with two attached hydrogens (primary N) is 1. The Bertz CT molecular complexity index is 370. The summed E-state index contributed by atoms with van der Waals surface area (Å²) in [6.07, 6.45) is 1.98. The number of ether oxygens (including phenoxy) is 1. The van der Waals surface area contributed by atoms with E-state index in [1.165, 1.54) is 12.1 Å². The van der Waals surface area contributed by atoms with Crippen molar-refractivity contribution in [2.24, 2.45) is 0 Å². The highest BCUT2D eigenvalue weighted by atomic mass is 32.2. The minimum absolute atomic E-state index is 0.215. The van der Waals surface area contributed by atoms with Gasteiger partial charge < -0.3 is 14.7 Å². The minimum atomic E-state index is -2.35. The average molecular weight is 245 g/mol. The van der Waals surface area contributed by atoms with Gasteiger partial charge in [0.25, 0.3) is 0 Å². The van der Waals surface area contributed by atoms with Gasteiger partial charge in [0.15, 0.2) is 0 Å². The van der Waals surface area contributed by atoms with E-state index < -0.39 is 11.4 Å². The third-order valence-corrected chi connectivity index (χ3v) is 2.17. The van der Waals surface area contributed by atoms with Gasteiger partial charge in [0.1, 0.15) is 11.5 Å². The molecule has 0 spiro atoms. The van der Waals surface area contributed by atoms with Crippen molar-refractivity contribution >= 4 is 17.0 Å². The zero-order valence-electron chi connectivity index (χ0n) is 9.01. The zero-order valence-corrected chi connectivity index (χ0v) is 9.83. The van der Waals surface area contributed by atoms with Crippen molar-refractivity contribution < 1.29 is 17.7 Å². The summed E-state index contributed by atoms with van der Waals surface area (Å²) in [6, 6.07) is 4.63. The molecule has 1 aromatic rings. The standard InChI is InChI=1S/C10H15NO4S/c1-2-3-4-14-9-5-8(11)6-10(7-9)15-16(12)13/h5-7H,2-4,11H2,1H3,(H,12,13). The second-order valence-corrected chi connectivity index (χ2v) is 3.84. The predicted molar refractivity (Wildman–Crippen MR) is 62.7 cm³/mol. The summed E-state index contributed by atoms with van der Waals surface area (Å²) in [6.45, 7) is 2.65. The minimum Gasteiger partial charge on any atom is -0.493 e. The van der Waals surface area contributed by atoms with Crippen LogP contribution in [-0.2, 0) is 11.4 Å². The van der Waals surface area contributed by atoms with E-state index in [1.54, 1.807) is 6.07 Å². The Hall–Kier alpha value is -1.27. The van der Waals surface area contributed by atoms with E-state index >= 15 is 0 Å². The molecule has 1 aromatic carbocycles. The van der Waals surface area contributed by atoms with E-state index in [0.29, 0.717) is 18.0 Å². The Morgan fingerprint density at radius 3 is 2.69 bits per heavy atom. The lowest BCUT2D eigenvalue weighted by Gasteiger charge is -2.08. The van der Waals surface area contributed by atoms with E-state index in [-0.39, 0.29) is 5.75 Å². The van der Waals surface area contributed by atoms with Crippen molar-refractivity contribution in [1.82, 2.24) is 0 Å². The molecule has 0 amide bonds. The van der Waals surface area contributed by atoms with Gasteiger partial charge in [0.05, 0.1) is 6.61 Å². The van der Waals surface area contributed by atoms with Crippen molar-refractivity contribution in [3.8, 4) is 11.5 Å². The van der Waals surface area contributed by atoms with Gasteiger partial charge in [-0.2, -0.15) is 4.21 Å². The monoisotopic (exact) mass is 245 g/mol. The number of anilines is 1. The highest BCUT2D eigenvalue weighted by Crippen LogP contribution is 2.24. The van der Waals surface area contributed by atoms with E-state index in [0.717, 1.165) is 12.8 Å². The van der Waals surface area contributed by atoms with Crippen LogP contribution in [0, 0.1) is 0 Å². The highest BCUT2D eigenvalue weighted by Gasteiger charge is 2.03. The first-order valence-corrected chi connectivity index (χ1v) is 5.97.